The summed E-state index contributed by atoms with van der Waals surface area (Å²) in [5.41, 5.74) is 3.17. The number of hydrogen-bond acceptors (Lipinski definition) is 6. The summed E-state index contributed by atoms with van der Waals surface area (Å²) in [5.74, 6) is 0.169. The number of fused-ring (bicyclic) bond motifs is 1. The summed E-state index contributed by atoms with van der Waals surface area (Å²) < 4.78 is 13.5. The maximum absolute atomic E-state index is 13.8. The molecule has 3 aromatic carbocycles. The fraction of sp³-hybridized carbons (Fsp3) is 0.167. The van der Waals surface area contributed by atoms with Gasteiger partial charge in [-0.15, -0.1) is 0 Å². The van der Waals surface area contributed by atoms with Gasteiger partial charge in [0.2, 0.25) is 0 Å². The highest BCUT2D eigenvalue weighted by molar-refractivity contribution is 7.07. The molecule has 0 saturated carbocycles. The Balaban J connectivity index is 1.61. The molecular formula is C30H25ClN2O4S. The van der Waals surface area contributed by atoms with Gasteiger partial charge in [-0.25, -0.2) is 9.79 Å². The van der Waals surface area contributed by atoms with E-state index in [4.69, 9.17) is 21.1 Å². The molecule has 0 radical (unpaired) electrons. The lowest BCUT2D eigenvalue weighted by atomic mass is 9.96. The number of halogens is 1. The number of thiazole rings is 1. The van der Waals surface area contributed by atoms with Gasteiger partial charge in [-0.1, -0.05) is 83.6 Å². The number of para-hydroxylation sites is 1. The third-order valence-electron chi connectivity index (χ3n) is 6.15. The fourth-order valence-corrected chi connectivity index (χ4v) is 5.52. The van der Waals surface area contributed by atoms with E-state index < -0.39 is 12.0 Å². The van der Waals surface area contributed by atoms with E-state index in [0.717, 1.165) is 16.7 Å². The number of allylic oxidation sites excluding steroid dienone is 1. The molecule has 0 amide bonds. The van der Waals surface area contributed by atoms with Crippen molar-refractivity contribution in [1.82, 2.24) is 4.57 Å². The van der Waals surface area contributed by atoms with Crippen LogP contribution < -0.4 is 19.6 Å². The van der Waals surface area contributed by atoms with Crippen molar-refractivity contribution in [2.45, 2.75) is 26.5 Å². The molecule has 1 aromatic heterocycles. The van der Waals surface area contributed by atoms with Crippen LogP contribution in [0.2, 0.25) is 5.02 Å². The van der Waals surface area contributed by atoms with Crippen LogP contribution in [0.25, 0.3) is 6.08 Å². The van der Waals surface area contributed by atoms with E-state index in [1.54, 1.807) is 30.5 Å². The van der Waals surface area contributed by atoms with E-state index in [-0.39, 0.29) is 12.2 Å². The Morgan fingerprint density at radius 1 is 1.05 bits per heavy atom. The summed E-state index contributed by atoms with van der Waals surface area (Å²) in [6, 6.07) is 23.9. The van der Waals surface area contributed by atoms with Crippen LogP contribution >= 0.6 is 22.9 Å². The van der Waals surface area contributed by atoms with Crippen molar-refractivity contribution in [3.8, 4) is 5.75 Å². The summed E-state index contributed by atoms with van der Waals surface area (Å²) in [6.45, 7) is 4.13. The maximum Gasteiger partial charge on any atom is 0.338 e. The van der Waals surface area contributed by atoms with Crippen LogP contribution in [0.4, 0.5) is 0 Å². The fourth-order valence-electron chi connectivity index (χ4n) is 4.36. The summed E-state index contributed by atoms with van der Waals surface area (Å²) in [4.78, 5) is 32.0. The first kappa shape index (κ1) is 25.7. The third-order valence-corrected chi connectivity index (χ3v) is 7.38. The van der Waals surface area contributed by atoms with Crippen LogP contribution in [0.5, 0.6) is 5.75 Å². The number of benzene rings is 3. The van der Waals surface area contributed by atoms with E-state index in [2.05, 4.69) is 4.99 Å². The molecule has 0 fully saturated rings. The van der Waals surface area contributed by atoms with Gasteiger partial charge in [0.05, 0.1) is 28.5 Å². The zero-order valence-corrected chi connectivity index (χ0v) is 22.5. The normalized spacial score (nSPS) is 15.1. The lowest BCUT2D eigenvalue weighted by Gasteiger charge is -2.24. The van der Waals surface area contributed by atoms with Crippen molar-refractivity contribution < 1.29 is 14.3 Å². The van der Waals surface area contributed by atoms with Gasteiger partial charge in [0.25, 0.3) is 5.56 Å². The molecule has 0 saturated heterocycles. The maximum atomic E-state index is 13.8. The van der Waals surface area contributed by atoms with Gasteiger partial charge in [0, 0.05) is 10.6 Å². The summed E-state index contributed by atoms with van der Waals surface area (Å²) >= 11 is 7.40. The Bertz CT molecular complexity index is 1690. The molecule has 5 rings (SSSR count). The van der Waals surface area contributed by atoms with Crippen LogP contribution in [-0.2, 0) is 16.1 Å². The molecule has 192 valence electrons. The summed E-state index contributed by atoms with van der Waals surface area (Å²) in [7, 11) is 0. The van der Waals surface area contributed by atoms with Crippen molar-refractivity contribution in [3.05, 3.63) is 132 Å². The van der Waals surface area contributed by atoms with Crippen LogP contribution in [0.15, 0.2) is 99.9 Å². The molecule has 0 bridgehead atoms. The first-order valence-electron chi connectivity index (χ1n) is 12.2. The predicted octanol–water partition coefficient (Wildman–Crippen LogP) is 5.03. The van der Waals surface area contributed by atoms with Crippen molar-refractivity contribution in [3.63, 3.8) is 0 Å². The number of carbonyl (C=O) groups excluding carboxylic acids is 1. The Morgan fingerprint density at radius 2 is 1.76 bits per heavy atom. The second kappa shape index (κ2) is 11.2. The van der Waals surface area contributed by atoms with Crippen molar-refractivity contribution in [1.29, 1.82) is 0 Å². The minimum Gasteiger partial charge on any atom is -0.488 e. The zero-order valence-electron chi connectivity index (χ0n) is 20.9. The van der Waals surface area contributed by atoms with E-state index in [9.17, 15) is 9.59 Å². The van der Waals surface area contributed by atoms with Crippen molar-refractivity contribution >= 4 is 35.0 Å². The number of nitrogens with zero attached hydrogens (tertiary/aromatic N) is 2. The van der Waals surface area contributed by atoms with E-state index in [1.807, 2.05) is 72.8 Å². The molecule has 38 heavy (non-hydrogen) atoms. The van der Waals surface area contributed by atoms with Gasteiger partial charge in [-0.3, -0.25) is 9.36 Å². The Hall–Kier alpha value is -3.94. The molecule has 1 unspecified atom stereocenters. The Labute approximate surface area is 228 Å². The average Bonchev–Trinajstić information content (AvgIpc) is 3.22. The third kappa shape index (κ3) is 5.21. The standard InChI is InChI=1S/C30H25ClN2O4S/c1-3-36-29(35)26-19(2)32-30-33(27(26)21-13-15-23(31)16-14-21)28(34)25(38-30)17-22-11-7-8-12-24(22)37-18-20-9-5-4-6-10-20/h4-17,27H,3,18H2,1-2H3/b25-17-. The molecule has 0 spiro atoms. The van der Waals surface area contributed by atoms with Gasteiger partial charge in [0.1, 0.15) is 12.4 Å². The molecule has 1 aliphatic rings. The number of rotatable bonds is 7. The molecule has 1 atom stereocenters. The minimum atomic E-state index is -0.686. The molecule has 8 heteroatoms. The Kier molecular flexibility index (Phi) is 7.58. The van der Waals surface area contributed by atoms with Crippen LogP contribution in [0.1, 0.15) is 36.6 Å². The number of hydrogen-bond donors (Lipinski definition) is 0. The second-order valence-corrected chi connectivity index (χ2v) is 10.1. The van der Waals surface area contributed by atoms with Crippen molar-refractivity contribution in [2.75, 3.05) is 6.61 Å². The van der Waals surface area contributed by atoms with E-state index >= 15 is 0 Å². The lowest BCUT2D eigenvalue weighted by molar-refractivity contribution is -0.139. The highest BCUT2D eigenvalue weighted by atomic mass is 35.5. The van der Waals surface area contributed by atoms with Gasteiger partial charge < -0.3 is 9.47 Å². The van der Waals surface area contributed by atoms with E-state index in [1.165, 1.54) is 11.3 Å². The quantitative estimate of drug-likeness (QED) is 0.306. The highest BCUT2D eigenvalue weighted by Crippen LogP contribution is 2.31. The minimum absolute atomic E-state index is 0.215. The molecule has 0 N–H and O–H groups in total. The monoisotopic (exact) mass is 544 g/mol. The number of aromatic nitrogens is 1. The van der Waals surface area contributed by atoms with E-state index in [0.29, 0.717) is 38.0 Å². The zero-order chi connectivity index (χ0) is 26.6. The number of ether oxygens (including phenoxy) is 2. The SMILES string of the molecule is CCOC(=O)C1=C(C)N=c2s/c(=C\c3ccccc3OCc3ccccc3)c(=O)n2C1c1ccc(Cl)cc1. The summed E-state index contributed by atoms with van der Waals surface area (Å²) in [5, 5.41) is 0.562. The largest absolute Gasteiger partial charge is 0.488 e. The molecule has 4 aromatic rings. The van der Waals surface area contributed by atoms with Crippen LogP contribution in [0.3, 0.4) is 0 Å². The number of carbonyl (C=O) groups is 1. The number of esters is 1. The smallest absolute Gasteiger partial charge is 0.338 e. The first-order valence-corrected chi connectivity index (χ1v) is 13.4. The molecule has 6 nitrogen and oxygen atoms in total. The molecule has 0 aliphatic carbocycles. The first-order chi connectivity index (χ1) is 18.5. The van der Waals surface area contributed by atoms with Crippen LogP contribution in [0, 0.1) is 0 Å². The highest BCUT2D eigenvalue weighted by Gasteiger charge is 2.33. The van der Waals surface area contributed by atoms with Gasteiger partial charge in [-0.05, 0) is 49.2 Å². The van der Waals surface area contributed by atoms with Gasteiger partial charge >= 0.3 is 5.97 Å². The Morgan fingerprint density at radius 3 is 2.50 bits per heavy atom. The average molecular weight is 545 g/mol. The van der Waals surface area contributed by atoms with Crippen molar-refractivity contribution in [2.24, 2.45) is 4.99 Å². The molecular weight excluding hydrogens is 520 g/mol. The topological polar surface area (TPSA) is 69.9 Å². The van der Waals surface area contributed by atoms with Gasteiger partial charge in [-0.2, -0.15) is 0 Å². The molecule has 1 aliphatic heterocycles. The predicted molar refractivity (Wildman–Crippen MR) is 149 cm³/mol. The second-order valence-electron chi connectivity index (χ2n) is 8.67. The molecule has 2 heterocycles. The summed E-state index contributed by atoms with van der Waals surface area (Å²) in [6.07, 6.45) is 1.81. The lowest BCUT2D eigenvalue weighted by Crippen LogP contribution is -2.39. The van der Waals surface area contributed by atoms with Gasteiger partial charge in [0.15, 0.2) is 4.80 Å². The van der Waals surface area contributed by atoms with Crippen LogP contribution in [-0.4, -0.2) is 17.1 Å².